The Morgan fingerprint density at radius 3 is 2.72 bits per heavy atom. The Hall–Kier alpha value is -2.01. The highest BCUT2D eigenvalue weighted by Gasteiger charge is 2.25. The molecule has 0 spiro atoms. The molecule has 2 aliphatic rings. The summed E-state index contributed by atoms with van der Waals surface area (Å²) in [5.74, 6) is 1.13. The van der Waals surface area contributed by atoms with Crippen molar-refractivity contribution in [1.82, 2.24) is 14.8 Å². The molecule has 5 heteroatoms. The monoisotopic (exact) mass is 341 g/mol. The van der Waals surface area contributed by atoms with Crippen LogP contribution in [0.2, 0.25) is 0 Å². The van der Waals surface area contributed by atoms with Crippen molar-refractivity contribution < 1.29 is 9.53 Å². The van der Waals surface area contributed by atoms with Gasteiger partial charge < -0.3 is 14.6 Å². The zero-order valence-electron chi connectivity index (χ0n) is 15.0. The van der Waals surface area contributed by atoms with Crippen LogP contribution < -0.4 is 4.74 Å². The minimum atomic E-state index is 0.268. The molecule has 0 radical (unpaired) electrons. The van der Waals surface area contributed by atoms with Gasteiger partial charge in [-0.1, -0.05) is 12.8 Å². The summed E-state index contributed by atoms with van der Waals surface area (Å²) in [5.41, 5.74) is 3.65. The lowest BCUT2D eigenvalue weighted by molar-refractivity contribution is -0.133. The van der Waals surface area contributed by atoms with Gasteiger partial charge in [-0.3, -0.25) is 9.69 Å². The minimum Gasteiger partial charge on any atom is -0.497 e. The van der Waals surface area contributed by atoms with E-state index in [1.165, 1.54) is 42.3 Å². The zero-order chi connectivity index (χ0) is 17.2. The fourth-order valence-electron chi connectivity index (χ4n) is 4.12. The van der Waals surface area contributed by atoms with Gasteiger partial charge in [-0.25, -0.2) is 0 Å². The summed E-state index contributed by atoms with van der Waals surface area (Å²) in [6.45, 7) is 4.21. The molecule has 134 valence electrons. The molecule has 2 aromatic rings. The first-order chi connectivity index (χ1) is 12.2. The second-order valence-electron chi connectivity index (χ2n) is 7.25. The average Bonchev–Trinajstić information content (AvgIpc) is 2.80. The van der Waals surface area contributed by atoms with Gasteiger partial charge in [0.15, 0.2) is 0 Å². The third-order valence-corrected chi connectivity index (χ3v) is 5.59. The number of hydrogen-bond donors (Lipinski definition) is 1. The number of carbonyl (C=O) groups is 1. The quantitative estimate of drug-likeness (QED) is 0.934. The molecule has 4 rings (SSSR count). The van der Waals surface area contributed by atoms with Gasteiger partial charge in [0.25, 0.3) is 0 Å². The van der Waals surface area contributed by atoms with Crippen LogP contribution >= 0.6 is 0 Å². The number of H-pyrrole nitrogens is 1. The van der Waals surface area contributed by atoms with Crippen molar-refractivity contribution in [3.05, 3.63) is 29.5 Å². The molecule has 0 unspecified atom stereocenters. The van der Waals surface area contributed by atoms with Crippen LogP contribution in [0.25, 0.3) is 10.9 Å². The molecule has 1 aromatic heterocycles. The molecule has 25 heavy (non-hydrogen) atoms. The van der Waals surface area contributed by atoms with Crippen molar-refractivity contribution in [1.29, 1.82) is 0 Å². The molecule has 0 bridgehead atoms. The molecule has 2 aliphatic heterocycles. The Morgan fingerprint density at radius 2 is 1.96 bits per heavy atom. The van der Waals surface area contributed by atoms with Crippen molar-refractivity contribution >= 4 is 16.8 Å². The lowest BCUT2D eigenvalue weighted by Gasteiger charge is -2.30. The van der Waals surface area contributed by atoms with Crippen molar-refractivity contribution in [3.8, 4) is 5.75 Å². The number of rotatable bonds is 3. The number of nitrogens with one attached hydrogen (secondary N) is 1. The highest BCUT2D eigenvalue weighted by molar-refractivity contribution is 5.87. The minimum absolute atomic E-state index is 0.268. The van der Waals surface area contributed by atoms with E-state index in [1.807, 2.05) is 11.0 Å². The molecule has 0 atom stereocenters. The molecule has 1 saturated heterocycles. The number of benzene rings is 1. The van der Waals surface area contributed by atoms with Crippen molar-refractivity contribution in [2.75, 3.05) is 33.3 Å². The Kier molecular flexibility index (Phi) is 4.66. The molecule has 5 nitrogen and oxygen atoms in total. The number of hydrogen-bond acceptors (Lipinski definition) is 3. The van der Waals surface area contributed by atoms with Gasteiger partial charge in [0, 0.05) is 41.7 Å². The van der Waals surface area contributed by atoms with E-state index in [0.29, 0.717) is 13.1 Å². The topological polar surface area (TPSA) is 48.6 Å². The number of ether oxygens (including phenoxy) is 1. The number of nitrogens with zero attached hydrogens (tertiary/aromatic N) is 2. The summed E-state index contributed by atoms with van der Waals surface area (Å²) < 4.78 is 5.37. The van der Waals surface area contributed by atoms with Crippen LogP contribution in [0.15, 0.2) is 18.2 Å². The standard InChI is InChI=1S/C20H27N3O2/c1-25-15-6-7-18-16(12-15)17-13-23(11-8-19(17)21-18)20(24)14-22-9-4-2-3-5-10-22/h6-7,12,21H,2-5,8-11,13-14H2,1H3. The Balaban J connectivity index is 1.50. The van der Waals surface area contributed by atoms with Gasteiger partial charge >= 0.3 is 0 Å². The SMILES string of the molecule is COc1ccc2[nH]c3c(c2c1)CN(C(=O)CN1CCCCCC1)CC3. The molecular formula is C20H27N3O2. The second-order valence-corrected chi connectivity index (χ2v) is 7.25. The fourth-order valence-corrected chi connectivity index (χ4v) is 4.12. The van der Waals surface area contributed by atoms with E-state index >= 15 is 0 Å². The van der Waals surface area contributed by atoms with Gasteiger partial charge in [-0.2, -0.15) is 0 Å². The van der Waals surface area contributed by atoms with Crippen LogP contribution in [0.1, 0.15) is 36.9 Å². The Labute approximate surface area is 148 Å². The van der Waals surface area contributed by atoms with Gasteiger partial charge in [0.1, 0.15) is 5.75 Å². The highest BCUT2D eigenvalue weighted by atomic mass is 16.5. The maximum Gasteiger partial charge on any atom is 0.237 e. The van der Waals surface area contributed by atoms with Gasteiger partial charge in [0.2, 0.25) is 5.91 Å². The van der Waals surface area contributed by atoms with Gasteiger partial charge in [0.05, 0.1) is 13.7 Å². The predicted molar refractivity (Wildman–Crippen MR) is 98.9 cm³/mol. The van der Waals surface area contributed by atoms with Crippen molar-refractivity contribution in [2.45, 2.75) is 38.6 Å². The third kappa shape index (κ3) is 3.38. The summed E-state index contributed by atoms with van der Waals surface area (Å²) in [5, 5.41) is 1.18. The fraction of sp³-hybridized carbons (Fsp3) is 0.550. The second kappa shape index (κ2) is 7.08. The average molecular weight is 341 g/mol. The number of aromatic nitrogens is 1. The number of likely N-dealkylation sites (tertiary alicyclic amines) is 1. The van der Waals surface area contributed by atoms with E-state index in [9.17, 15) is 4.79 Å². The van der Waals surface area contributed by atoms with Crippen LogP contribution in [0.4, 0.5) is 0 Å². The summed E-state index contributed by atoms with van der Waals surface area (Å²) in [6, 6.07) is 6.12. The normalized spacial score (nSPS) is 18.8. The van der Waals surface area contributed by atoms with Crippen LogP contribution in [0, 0.1) is 0 Å². The summed E-state index contributed by atoms with van der Waals surface area (Å²) >= 11 is 0. The molecule has 1 fully saturated rings. The van der Waals surface area contributed by atoms with Gasteiger partial charge in [-0.05, 0) is 44.1 Å². The van der Waals surface area contributed by atoms with E-state index in [0.717, 1.165) is 37.3 Å². The van der Waals surface area contributed by atoms with Crippen LogP contribution in [0.3, 0.4) is 0 Å². The van der Waals surface area contributed by atoms with Crippen molar-refractivity contribution in [2.24, 2.45) is 0 Å². The van der Waals surface area contributed by atoms with Gasteiger partial charge in [-0.15, -0.1) is 0 Å². The molecular weight excluding hydrogens is 314 g/mol. The zero-order valence-corrected chi connectivity index (χ0v) is 15.0. The molecule has 3 heterocycles. The van der Waals surface area contributed by atoms with E-state index in [1.54, 1.807) is 7.11 Å². The molecule has 1 amide bonds. The lowest BCUT2D eigenvalue weighted by atomic mass is 10.0. The van der Waals surface area contributed by atoms with E-state index in [2.05, 4.69) is 22.0 Å². The molecule has 0 saturated carbocycles. The molecule has 1 N–H and O–H groups in total. The lowest BCUT2D eigenvalue weighted by Crippen LogP contribution is -2.42. The number of fused-ring (bicyclic) bond motifs is 3. The van der Waals surface area contributed by atoms with E-state index in [4.69, 9.17) is 4.74 Å². The summed E-state index contributed by atoms with van der Waals surface area (Å²) in [7, 11) is 1.69. The van der Waals surface area contributed by atoms with E-state index < -0.39 is 0 Å². The van der Waals surface area contributed by atoms with Crippen LogP contribution in [-0.2, 0) is 17.8 Å². The summed E-state index contributed by atoms with van der Waals surface area (Å²) in [6.07, 6.45) is 5.95. The van der Waals surface area contributed by atoms with Crippen LogP contribution in [0.5, 0.6) is 5.75 Å². The Morgan fingerprint density at radius 1 is 1.16 bits per heavy atom. The smallest absolute Gasteiger partial charge is 0.237 e. The first kappa shape index (κ1) is 16.5. The predicted octanol–water partition coefficient (Wildman–Crippen LogP) is 2.94. The number of aromatic amines is 1. The Bertz CT molecular complexity index is 760. The van der Waals surface area contributed by atoms with E-state index in [-0.39, 0.29) is 5.91 Å². The number of amides is 1. The maximum absolute atomic E-state index is 12.8. The maximum atomic E-state index is 12.8. The number of carbonyl (C=O) groups excluding carboxylic acids is 1. The molecule has 0 aliphatic carbocycles. The largest absolute Gasteiger partial charge is 0.497 e. The highest BCUT2D eigenvalue weighted by Crippen LogP contribution is 2.30. The van der Waals surface area contributed by atoms with Crippen molar-refractivity contribution in [3.63, 3.8) is 0 Å². The molecule has 1 aromatic carbocycles. The van der Waals surface area contributed by atoms with Crippen LogP contribution in [-0.4, -0.2) is 54.0 Å². The first-order valence-electron chi connectivity index (χ1n) is 9.42. The third-order valence-electron chi connectivity index (χ3n) is 5.59. The number of methoxy groups -OCH3 is 1. The summed E-state index contributed by atoms with van der Waals surface area (Å²) in [4.78, 5) is 20.7. The first-order valence-corrected chi connectivity index (χ1v) is 9.42.